The number of carbonyl (C=O) groups excluding carboxylic acids is 1. The van der Waals surface area contributed by atoms with Crippen LogP contribution in [0.15, 0.2) is 24.3 Å². The summed E-state index contributed by atoms with van der Waals surface area (Å²) >= 11 is 1.62. The molecule has 0 fully saturated rings. The molecule has 112 valence electrons. The molecule has 1 aromatic carbocycles. The van der Waals surface area contributed by atoms with Gasteiger partial charge in [-0.05, 0) is 45.4 Å². The summed E-state index contributed by atoms with van der Waals surface area (Å²) in [5.74, 6) is -0.0159. The monoisotopic (exact) mass is 303 g/mol. The van der Waals surface area contributed by atoms with E-state index in [0.717, 1.165) is 16.3 Å². The van der Waals surface area contributed by atoms with Crippen LogP contribution in [0.2, 0.25) is 0 Å². The Kier molecular flexibility index (Phi) is 4.32. The number of rotatable bonds is 4. The number of anilines is 1. The number of hydrogen-bond donors (Lipinski definition) is 2. The molecule has 0 aliphatic carbocycles. The predicted octanol–water partition coefficient (Wildman–Crippen LogP) is 2.94. The van der Waals surface area contributed by atoms with Crippen LogP contribution in [0.4, 0.5) is 5.69 Å². The van der Waals surface area contributed by atoms with E-state index in [2.05, 4.69) is 10.3 Å². The van der Waals surface area contributed by atoms with Gasteiger partial charge in [0.25, 0.3) is 0 Å². The number of hydrogen-bond acceptors (Lipinski definition) is 4. The van der Waals surface area contributed by atoms with Crippen molar-refractivity contribution in [3.8, 4) is 0 Å². The third-order valence-electron chi connectivity index (χ3n) is 3.67. The van der Waals surface area contributed by atoms with E-state index in [4.69, 9.17) is 5.73 Å². The molecule has 1 amide bonds. The maximum Gasteiger partial charge on any atom is 0.230 e. The highest BCUT2D eigenvalue weighted by molar-refractivity contribution is 7.11. The van der Waals surface area contributed by atoms with Crippen molar-refractivity contribution in [1.82, 2.24) is 10.3 Å². The van der Waals surface area contributed by atoms with Crippen LogP contribution in [0.25, 0.3) is 0 Å². The summed E-state index contributed by atoms with van der Waals surface area (Å²) in [6, 6.07) is 7.43. The fraction of sp³-hybridized carbons (Fsp3) is 0.375. The zero-order chi connectivity index (χ0) is 15.6. The molecule has 2 rings (SSSR count). The summed E-state index contributed by atoms with van der Waals surface area (Å²) in [5.41, 5.74) is 7.76. The number of aryl methyl sites for hydroxylation is 2. The van der Waals surface area contributed by atoms with Crippen LogP contribution >= 0.6 is 11.3 Å². The molecule has 0 bridgehead atoms. The van der Waals surface area contributed by atoms with Crippen LogP contribution in [0.1, 0.15) is 35.0 Å². The smallest absolute Gasteiger partial charge is 0.230 e. The van der Waals surface area contributed by atoms with Crippen molar-refractivity contribution in [3.63, 3.8) is 0 Å². The molecule has 0 saturated heterocycles. The van der Waals surface area contributed by atoms with Gasteiger partial charge in [0.15, 0.2) is 0 Å². The van der Waals surface area contributed by atoms with Crippen molar-refractivity contribution in [2.45, 2.75) is 39.7 Å². The molecule has 4 nitrogen and oxygen atoms in total. The summed E-state index contributed by atoms with van der Waals surface area (Å²) in [6.45, 7) is 8.31. The van der Waals surface area contributed by atoms with E-state index in [-0.39, 0.29) is 5.91 Å². The van der Waals surface area contributed by atoms with Gasteiger partial charge in [-0.2, -0.15) is 0 Å². The maximum absolute atomic E-state index is 12.4. The van der Waals surface area contributed by atoms with Gasteiger partial charge in [0.1, 0.15) is 5.01 Å². The summed E-state index contributed by atoms with van der Waals surface area (Å²) in [5, 5.41) is 3.91. The Morgan fingerprint density at radius 3 is 2.43 bits per heavy atom. The molecule has 1 heterocycles. The Morgan fingerprint density at radius 1 is 1.29 bits per heavy atom. The first-order chi connectivity index (χ1) is 9.80. The molecule has 2 aromatic rings. The van der Waals surface area contributed by atoms with Crippen molar-refractivity contribution in [3.05, 3.63) is 45.4 Å². The molecular formula is C16H21N3OS. The zero-order valence-electron chi connectivity index (χ0n) is 12.9. The highest BCUT2D eigenvalue weighted by atomic mass is 32.1. The van der Waals surface area contributed by atoms with Crippen LogP contribution in [0, 0.1) is 13.8 Å². The number of carbonyl (C=O) groups is 1. The number of nitrogen functional groups attached to an aromatic ring is 1. The van der Waals surface area contributed by atoms with E-state index < -0.39 is 5.41 Å². The van der Waals surface area contributed by atoms with Gasteiger partial charge in [0.05, 0.1) is 17.7 Å². The van der Waals surface area contributed by atoms with Gasteiger partial charge in [0, 0.05) is 10.6 Å². The Balaban J connectivity index is 2.06. The van der Waals surface area contributed by atoms with Crippen LogP contribution in [-0.2, 0) is 16.8 Å². The Bertz CT molecular complexity index is 625. The van der Waals surface area contributed by atoms with Crippen molar-refractivity contribution in [1.29, 1.82) is 0 Å². The molecule has 21 heavy (non-hydrogen) atoms. The van der Waals surface area contributed by atoms with Crippen molar-refractivity contribution >= 4 is 22.9 Å². The Labute approximate surface area is 129 Å². The van der Waals surface area contributed by atoms with E-state index in [1.807, 2.05) is 52.0 Å². The molecule has 0 unspecified atom stereocenters. The number of amides is 1. The second kappa shape index (κ2) is 5.85. The normalized spacial score (nSPS) is 11.4. The fourth-order valence-corrected chi connectivity index (χ4v) is 2.90. The van der Waals surface area contributed by atoms with Crippen molar-refractivity contribution in [2.75, 3.05) is 5.73 Å². The quantitative estimate of drug-likeness (QED) is 0.853. The topological polar surface area (TPSA) is 68.0 Å². The largest absolute Gasteiger partial charge is 0.399 e. The molecule has 0 aliphatic heterocycles. The molecule has 0 saturated carbocycles. The number of aromatic nitrogens is 1. The van der Waals surface area contributed by atoms with E-state index in [0.29, 0.717) is 12.2 Å². The SMILES string of the molecule is Cc1nc(CNC(=O)C(C)(C)c2ccc(N)cc2)sc1C. The van der Waals surface area contributed by atoms with Gasteiger partial charge in [-0.3, -0.25) is 4.79 Å². The molecule has 5 heteroatoms. The number of benzene rings is 1. The highest BCUT2D eigenvalue weighted by Crippen LogP contribution is 2.24. The summed E-state index contributed by atoms with van der Waals surface area (Å²) < 4.78 is 0. The van der Waals surface area contributed by atoms with Crippen molar-refractivity contribution in [2.24, 2.45) is 0 Å². The van der Waals surface area contributed by atoms with Gasteiger partial charge in [0.2, 0.25) is 5.91 Å². The lowest BCUT2D eigenvalue weighted by atomic mass is 9.83. The van der Waals surface area contributed by atoms with E-state index in [1.54, 1.807) is 11.3 Å². The van der Waals surface area contributed by atoms with Gasteiger partial charge in [-0.25, -0.2) is 4.98 Å². The molecule has 0 atom stereocenters. The number of nitrogens with one attached hydrogen (secondary N) is 1. The Morgan fingerprint density at radius 2 is 1.90 bits per heavy atom. The third kappa shape index (κ3) is 3.42. The first kappa shape index (κ1) is 15.5. The second-order valence-corrected chi connectivity index (χ2v) is 6.97. The Hall–Kier alpha value is -1.88. The highest BCUT2D eigenvalue weighted by Gasteiger charge is 2.29. The van der Waals surface area contributed by atoms with E-state index in [1.165, 1.54) is 4.88 Å². The minimum absolute atomic E-state index is 0.0159. The number of nitrogens with two attached hydrogens (primary N) is 1. The van der Waals surface area contributed by atoms with Gasteiger partial charge < -0.3 is 11.1 Å². The predicted molar refractivity (Wildman–Crippen MR) is 87.3 cm³/mol. The number of nitrogens with zero attached hydrogens (tertiary/aromatic N) is 1. The molecule has 0 radical (unpaired) electrons. The first-order valence-corrected chi connectivity index (χ1v) is 7.69. The van der Waals surface area contributed by atoms with Gasteiger partial charge in [-0.15, -0.1) is 11.3 Å². The summed E-state index contributed by atoms with van der Waals surface area (Å²) in [7, 11) is 0. The average Bonchev–Trinajstić information content (AvgIpc) is 2.75. The molecule has 1 aromatic heterocycles. The minimum Gasteiger partial charge on any atom is -0.399 e. The van der Waals surface area contributed by atoms with Gasteiger partial charge in [-0.1, -0.05) is 12.1 Å². The van der Waals surface area contributed by atoms with E-state index in [9.17, 15) is 4.79 Å². The lowest BCUT2D eigenvalue weighted by Gasteiger charge is -2.24. The van der Waals surface area contributed by atoms with Gasteiger partial charge >= 0.3 is 0 Å². The van der Waals surface area contributed by atoms with E-state index >= 15 is 0 Å². The summed E-state index contributed by atoms with van der Waals surface area (Å²) in [4.78, 5) is 18.1. The maximum atomic E-state index is 12.4. The molecular weight excluding hydrogens is 282 g/mol. The van der Waals surface area contributed by atoms with Crippen LogP contribution in [-0.4, -0.2) is 10.9 Å². The molecule has 0 aliphatic rings. The number of thiazole rings is 1. The standard InChI is InChI=1S/C16H21N3OS/c1-10-11(2)21-14(19-10)9-18-15(20)16(3,4)12-5-7-13(17)8-6-12/h5-8H,9,17H2,1-4H3,(H,18,20). The fourth-order valence-electron chi connectivity index (χ4n) is 2.02. The zero-order valence-corrected chi connectivity index (χ0v) is 13.7. The lowest BCUT2D eigenvalue weighted by molar-refractivity contribution is -0.125. The lowest BCUT2D eigenvalue weighted by Crippen LogP contribution is -2.39. The van der Waals surface area contributed by atoms with Crippen LogP contribution in [0.3, 0.4) is 0 Å². The second-order valence-electron chi connectivity index (χ2n) is 5.68. The third-order valence-corrected chi connectivity index (χ3v) is 4.75. The van der Waals surface area contributed by atoms with Crippen LogP contribution < -0.4 is 11.1 Å². The molecule has 3 N–H and O–H groups in total. The van der Waals surface area contributed by atoms with Crippen molar-refractivity contribution < 1.29 is 4.79 Å². The first-order valence-electron chi connectivity index (χ1n) is 6.88. The van der Waals surface area contributed by atoms with Crippen LogP contribution in [0.5, 0.6) is 0 Å². The molecule has 0 spiro atoms. The minimum atomic E-state index is -0.602. The summed E-state index contributed by atoms with van der Waals surface area (Å²) in [6.07, 6.45) is 0. The average molecular weight is 303 g/mol.